The highest BCUT2D eigenvalue weighted by Crippen LogP contribution is 2.45. The van der Waals surface area contributed by atoms with Crippen LogP contribution in [0.4, 0.5) is 9.18 Å². The molecule has 3 atom stereocenters. The standard InChI is InChI=1S/C21H31FN2O2/c1-15(16-9-6-5-7-10-16)24-13-17(18(22)14-24)21(11-8-12-21)23-19(25)26-20(2,3)4/h5-7,9-10,15,17-18H,8,11-14H2,1-4H3,(H,23,25)/t15-,17-,18+/m0/s1. The number of alkyl halides is 1. The Labute approximate surface area is 156 Å². The van der Waals surface area contributed by atoms with Gasteiger partial charge in [0.25, 0.3) is 0 Å². The van der Waals surface area contributed by atoms with Crippen LogP contribution in [0, 0.1) is 5.92 Å². The van der Waals surface area contributed by atoms with Gasteiger partial charge in [-0.1, -0.05) is 30.3 Å². The van der Waals surface area contributed by atoms with Crippen molar-refractivity contribution in [2.45, 2.75) is 70.3 Å². The molecule has 0 radical (unpaired) electrons. The summed E-state index contributed by atoms with van der Waals surface area (Å²) in [7, 11) is 0. The molecule has 0 aromatic heterocycles. The molecule has 1 aromatic carbocycles. The van der Waals surface area contributed by atoms with E-state index in [0.29, 0.717) is 13.1 Å². The number of benzene rings is 1. The molecule has 5 heteroatoms. The molecule has 3 rings (SSSR count). The number of amides is 1. The zero-order chi connectivity index (χ0) is 18.9. The van der Waals surface area contributed by atoms with Crippen molar-refractivity contribution in [2.75, 3.05) is 13.1 Å². The average molecular weight is 362 g/mol. The molecule has 144 valence electrons. The van der Waals surface area contributed by atoms with E-state index in [4.69, 9.17) is 4.74 Å². The fourth-order valence-corrected chi connectivity index (χ4v) is 4.23. The first-order valence-corrected chi connectivity index (χ1v) is 9.64. The lowest BCUT2D eigenvalue weighted by Gasteiger charge is -2.47. The average Bonchev–Trinajstić information content (AvgIpc) is 2.91. The van der Waals surface area contributed by atoms with Crippen molar-refractivity contribution in [3.05, 3.63) is 35.9 Å². The second kappa shape index (κ2) is 7.18. The van der Waals surface area contributed by atoms with E-state index in [1.807, 2.05) is 39.0 Å². The number of nitrogens with one attached hydrogen (secondary N) is 1. The highest BCUT2D eigenvalue weighted by molar-refractivity contribution is 5.69. The first-order valence-electron chi connectivity index (χ1n) is 9.64. The molecule has 0 spiro atoms. The van der Waals surface area contributed by atoms with Gasteiger partial charge in [0.15, 0.2) is 0 Å². The fraction of sp³-hybridized carbons (Fsp3) is 0.667. The first-order chi connectivity index (χ1) is 12.2. The summed E-state index contributed by atoms with van der Waals surface area (Å²) < 4.78 is 20.4. The predicted octanol–water partition coefficient (Wildman–Crippen LogP) is 4.46. The molecular weight excluding hydrogens is 331 g/mol. The normalized spacial score (nSPS) is 26.8. The maximum Gasteiger partial charge on any atom is 0.408 e. The van der Waals surface area contributed by atoms with Gasteiger partial charge in [0.1, 0.15) is 11.8 Å². The van der Waals surface area contributed by atoms with Gasteiger partial charge in [-0.2, -0.15) is 0 Å². The summed E-state index contributed by atoms with van der Waals surface area (Å²) in [5.41, 5.74) is 0.184. The van der Waals surface area contributed by atoms with E-state index in [9.17, 15) is 9.18 Å². The third-order valence-corrected chi connectivity index (χ3v) is 5.81. The van der Waals surface area contributed by atoms with Crippen molar-refractivity contribution >= 4 is 6.09 Å². The van der Waals surface area contributed by atoms with Crippen molar-refractivity contribution in [1.82, 2.24) is 10.2 Å². The van der Waals surface area contributed by atoms with E-state index in [-0.39, 0.29) is 12.0 Å². The molecule has 1 saturated carbocycles. The van der Waals surface area contributed by atoms with Crippen molar-refractivity contribution in [3.63, 3.8) is 0 Å². The topological polar surface area (TPSA) is 41.6 Å². The van der Waals surface area contributed by atoms with Crippen LogP contribution in [0.1, 0.15) is 58.6 Å². The highest BCUT2D eigenvalue weighted by Gasteiger charge is 2.53. The van der Waals surface area contributed by atoms with Gasteiger partial charge in [-0.3, -0.25) is 4.90 Å². The van der Waals surface area contributed by atoms with Crippen molar-refractivity contribution in [2.24, 2.45) is 5.92 Å². The highest BCUT2D eigenvalue weighted by atomic mass is 19.1. The van der Waals surface area contributed by atoms with Crippen molar-refractivity contribution in [3.8, 4) is 0 Å². The summed E-state index contributed by atoms with van der Waals surface area (Å²) in [5.74, 6) is -0.185. The van der Waals surface area contributed by atoms with Gasteiger partial charge < -0.3 is 10.1 Å². The summed E-state index contributed by atoms with van der Waals surface area (Å²) in [5, 5.41) is 3.03. The molecule has 2 aliphatic rings. The lowest BCUT2D eigenvalue weighted by Crippen LogP contribution is -2.61. The summed E-state index contributed by atoms with van der Waals surface area (Å²) in [6, 6.07) is 10.4. The summed E-state index contributed by atoms with van der Waals surface area (Å²) in [6.45, 7) is 8.73. The van der Waals surface area contributed by atoms with Gasteiger partial charge in [-0.25, -0.2) is 9.18 Å². The Morgan fingerprint density at radius 3 is 2.46 bits per heavy atom. The maximum absolute atomic E-state index is 15.0. The molecule has 1 N–H and O–H groups in total. The van der Waals surface area contributed by atoms with Gasteiger partial charge >= 0.3 is 6.09 Å². The second-order valence-electron chi connectivity index (χ2n) is 8.80. The molecule has 1 aliphatic heterocycles. The van der Waals surface area contributed by atoms with Crippen LogP contribution in [-0.2, 0) is 4.74 Å². The predicted molar refractivity (Wildman–Crippen MR) is 101 cm³/mol. The molecule has 1 saturated heterocycles. The van der Waals surface area contributed by atoms with Crippen LogP contribution < -0.4 is 5.32 Å². The van der Waals surface area contributed by atoms with Crippen LogP contribution in [0.3, 0.4) is 0 Å². The Morgan fingerprint density at radius 2 is 1.92 bits per heavy atom. The van der Waals surface area contributed by atoms with Crippen LogP contribution in [-0.4, -0.2) is 41.4 Å². The van der Waals surface area contributed by atoms with E-state index in [0.717, 1.165) is 19.3 Å². The van der Waals surface area contributed by atoms with Crippen LogP contribution in [0.25, 0.3) is 0 Å². The Balaban J connectivity index is 1.68. The molecular formula is C21H31FN2O2. The van der Waals surface area contributed by atoms with Crippen LogP contribution in [0.2, 0.25) is 0 Å². The Hall–Kier alpha value is -1.62. The molecule has 4 nitrogen and oxygen atoms in total. The number of ether oxygens (including phenoxy) is 1. The van der Waals surface area contributed by atoms with Gasteiger partial charge in [0.2, 0.25) is 0 Å². The lowest BCUT2D eigenvalue weighted by molar-refractivity contribution is 0.0195. The molecule has 1 aromatic rings. The number of hydrogen-bond donors (Lipinski definition) is 1. The number of alkyl carbamates (subject to hydrolysis) is 1. The van der Waals surface area contributed by atoms with Gasteiger partial charge in [-0.05, 0) is 52.5 Å². The van der Waals surface area contributed by atoms with Crippen molar-refractivity contribution < 1.29 is 13.9 Å². The third-order valence-electron chi connectivity index (χ3n) is 5.81. The molecule has 0 unspecified atom stereocenters. The minimum atomic E-state index is -0.934. The van der Waals surface area contributed by atoms with Crippen LogP contribution >= 0.6 is 0 Å². The van der Waals surface area contributed by atoms with Crippen LogP contribution in [0.5, 0.6) is 0 Å². The van der Waals surface area contributed by atoms with Crippen molar-refractivity contribution in [1.29, 1.82) is 0 Å². The Bertz CT molecular complexity index is 625. The lowest BCUT2D eigenvalue weighted by atomic mass is 9.67. The number of carbonyl (C=O) groups excluding carboxylic acids is 1. The molecule has 26 heavy (non-hydrogen) atoms. The SMILES string of the molecule is C[C@@H](c1ccccc1)N1C[C@@H](F)[C@@H](C2(NC(=O)OC(C)(C)C)CCC2)C1. The number of rotatable bonds is 4. The van der Waals surface area contributed by atoms with E-state index < -0.39 is 23.4 Å². The number of hydrogen-bond acceptors (Lipinski definition) is 3. The number of carbonyl (C=O) groups is 1. The Kier molecular flexibility index (Phi) is 5.29. The van der Waals surface area contributed by atoms with E-state index in [1.165, 1.54) is 5.56 Å². The number of nitrogens with zero attached hydrogens (tertiary/aromatic N) is 1. The number of likely N-dealkylation sites (tertiary alicyclic amines) is 1. The van der Waals surface area contributed by atoms with Gasteiger partial charge in [0.05, 0.1) is 5.54 Å². The summed E-state index contributed by atoms with van der Waals surface area (Å²) >= 11 is 0. The van der Waals surface area contributed by atoms with E-state index in [1.54, 1.807) is 0 Å². The first kappa shape index (κ1) is 19.2. The largest absolute Gasteiger partial charge is 0.444 e. The fourth-order valence-electron chi connectivity index (χ4n) is 4.23. The van der Waals surface area contributed by atoms with E-state index >= 15 is 0 Å². The molecule has 1 amide bonds. The van der Waals surface area contributed by atoms with E-state index in [2.05, 4.69) is 29.3 Å². The minimum Gasteiger partial charge on any atom is -0.444 e. The molecule has 1 heterocycles. The maximum atomic E-state index is 15.0. The zero-order valence-electron chi connectivity index (χ0n) is 16.3. The quantitative estimate of drug-likeness (QED) is 0.859. The summed E-state index contributed by atoms with van der Waals surface area (Å²) in [6.07, 6.45) is 1.30. The van der Waals surface area contributed by atoms with Gasteiger partial charge in [0, 0.05) is 25.0 Å². The summed E-state index contributed by atoms with van der Waals surface area (Å²) in [4.78, 5) is 14.5. The van der Waals surface area contributed by atoms with Crippen LogP contribution in [0.15, 0.2) is 30.3 Å². The molecule has 0 bridgehead atoms. The zero-order valence-corrected chi connectivity index (χ0v) is 16.3. The molecule has 1 aliphatic carbocycles. The molecule has 2 fully saturated rings. The monoisotopic (exact) mass is 362 g/mol. The Morgan fingerprint density at radius 1 is 1.27 bits per heavy atom. The number of halogens is 1. The smallest absolute Gasteiger partial charge is 0.408 e. The second-order valence-corrected chi connectivity index (χ2v) is 8.80. The minimum absolute atomic E-state index is 0.165. The van der Waals surface area contributed by atoms with Gasteiger partial charge in [-0.15, -0.1) is 0 Å². The third kappa shape index (κ3) is 4.03.